The van der Waals surface area contributed by atoms with E-state index in [2.05, 4.69) is 48.7 Å². The van der Waals surface area contributed by atoms with E-state index in [4.69, 9.17) is 4.74 Å². The molecule has 1 heterocycles. The lowest BCUT2D eigenvalue weighted by Crippen LogP contribution is -2.07. The Kier molecular flexibility index (Phi) is 5.85. The lowest BCUT2D eigenvalue weighted by molar-refractivity contribution is 0.414. The highest BCUT2D eigenvalue weighted by Gasteiger charge is 2.03. The number of ether oxygens (including phenoxy) is 1. The highest BCUT2D eigenvalue weighted by atomic mass is 79.9. The maximum Gasteiger partial charge on any atom is 0.229 e. The molecule has 0 radical (unpaired) electrons. The maximum atomic E-state index is 5.17. The van der Waals surface area contributed by atoms with Crippen LogP contribution in [0.3, 0.4) is 0 Å². The van der Waals surface area contributed by atoms with Gasteiger partial charge >= 0.3 is 0 Å². The van der Waals surface area contributed by atoms with Gasteiger partial charge in [0.15, 0.2) is 0 Å². The molecule has 0 saturated heterocycles. The molecule has 0 aliphatic carbocycles. The van der Waals surface area contributed by atoms with Gasteiger partial charge in [0.1, 0.15) is 11.6 Å². The molecular weight excluding hydrogens is 380 g/mol. The van der Waals surface area contributed by atoms with Gasteiger partial charge < -0.3 is 15.4 Å². The normalized spacial score (nSPS) is 10.3. The second kappa shape index (κ2) is 8.48. The summed E-state index contributed by atoms with van der Waals surface area (Å²) in [5.41, 5.74) is 2.17. The molecule has 0 fully saturated rings. The molecule has 0 spiro atoms. The van der Waals surface area contributed by atoms with Gasteiger partial charge in [-0.2, -0.15) is 4.98 Å². The molecule has 25 heavy (non-hydrogen) atoms. The number of para-hydroxylation sites is 1. The number of methoxy groups -OCH3 is 1. The van der Waals surface area contributed by atoms with Crippen molar-refractivity contribution in [2.45, 2.75) is 6.42 Å². The van der Waals surface area contributed by atoms with E-state index in [1.807, 2.05) is 42.5 Å². The van der Waals surface area contributed by atoms with Crippen LogP contribution in [0.2, 0.25) is 0 Å². The van der Waals surface area contributed by atoms with Crippen molar-refractivity contribution < 1.29 is 4.74 Å². The number of benzene rings is 2. The Bertz CT molecular complexity index is 824. The van der Waals surface area contributed by atoms with Gasteiger partial charge in [0.05, 0.1) is 12.8 Å². The van der Waals surface area contributed by atoms with E-state index in [0.29, 0.717) is 5.95 Å². The van der Waals surface area contributed by atoms with Gasteiger partial charge in [0.2, 0.25) is 5.95 Å². The summed E-state index contributed by atoms with van der Waals surface area (Å²) in [5, 5.41) is 6.54. The fourth-order valence-electron chi connectivity index (χ4n) is 2.33. The summed E-state index contributed by atoms with van der Waals surface area (Å²) in [6.45, 7) is 0.789. The van der Waals surface area contributed by atoms with Gasteiger partial charge in [-0.1, -0.05) is 24.3 Å². The van der Waals surface area contributed by atoms with Crippen LogP contribution in [0.5, 0.6) is 5.75 Å². The van der Waals surface area contributed by atoms with Gasteiger partial charge in [0.25, 0.3) is 0 Å². The first-order valence-corrected chi connectivity index (χ1v) is 8.75. The van der Waals surface area contributed by atoms with Crippen LogP contribution in [0, 0.1) is 0 Å². The standard InChI is InChI=1S/C19H19BrN4O/c1-25-15-8-6-14(7-9-15)10-12-21-18-11-13-22-19(24-18)23-17-5-3-2-4-16(17)20/h2-9,11,13H,10,12H2,1H3,(H2,21,22,23,24). The highest BCUT2D eigenvalue weighted by molar-refractivity contribution is 9.10. The molecule has 0 bridgehead atoms. The number of aromatic nitrogens is 2. The molecule has 0 aliphatic heterocycles. The number of hydrogen-bond acceptors (Lipinski definition) is 5. The zero-order chi connectivity index (χ0) is 17.5. The van der Waals surface area contributed by atoms with Crippen LogP contribution in [0.4, 0.5) is 17.5 Å². The molecule has 0 atom stereocenters. The van der Waals surface area contributed by atoms with Crippen LogP contribution in [0.25, 0.3) is 0 Å². The van der Waals surface area contributed by atoms with Crippen molar-refractivity contribution in [2.75, 3.05) is 24.3 Å². The first-order chi connectivity index (χ1) is 12.2. The third kappa shape index (κ3) is 4.93. The van der Waals surface area contributed by atoms with Gasteiger partial charge in [-0.25, -0.2) is 4.98 Å². The number of nitrogens with one attached hydrogen (secondary N) is 2. The lowest BCUT2D eigenvalue weighted by Gasteiger charge is -2.09. The quantitative estimate of drug-likeness (QED) is 0.606. The average molecular weight is 399 g/mol. The average Bonchev–Trinajstić information content (AvgIpc) is 2.65. The molecule has 0 unspecified atom stereocenters. The zero-order valence-electron chi connectivity index (χ0n) is 13.9. The van der Waals surface area contributed by atoms with Gasteiger partial charge in [-0.15, -0.1) is 0 Å². The fraction of sp³-hybridized carbons (Fsp3) is 0.158. The maximum absolute atomic E-state index is 5.17. The van der Waals surface area contributed by atoms with Gasteiger partial charge in [0, 0.05) is 17.2 Å². The molecule has 2 aromatic carbocycles. The highest BCUT2D eigenvalue weighted by Crippen LogP contribution is 2.24. The monoisotopic (exact) mass is 398 g/mol. The van der Waals surface area contributed by atoms with Crippen LogP contribution < -0.4 is 15.4 Å². The van der Waals surface area contributed by atoms with E-state index in [1.165, 1.54) is 5.56 Å². The van der Waals surface area contributed by atoms with Crippen LogP contribution in [0.1, 0.15) is 5.56 Å². The predicted octanol–water partition coefficient (Wildman–Crippen LogP) is 4.65. The Labute approximate surface area is 155 Å². The summed E-state index contributed by atoms with van der Waals surface area (Å²) < 4.78 is 6.14. The molecule has 3 rings (SSSR count). The smallest absolute Gasteiger partial charge is 0.229 e. The molecule has 0 amide bonds. The van der Waals surface area contributed by atoms with Gasteiger partial charge in [-0.05, 0) is 58.2 Å². The Morgan fingerprint density at radius 3 is 2.60 bits per heavy atom. The van der Waals surface area contributed by atoms with E-state index in [1.54, 1.807) is 13.3 Å². The molecule has 1 aromatic heterocycles. The molecule has 5 nitrogen and oxygen atoms in total. The Balaban J connectivity index is 1.57. The van der Waals surface area contributed by atoms with Crippen LogP contribution >= 0.6 is 15.9 Å². The summed E-state index contributed by atoms with van der Waals surface area (Å²) in [6.07, 6.45) is 2.64. The Hall–Kier alpha value is -2.60. The summed E-state index contributed by atoms with van der Waals surface area (Å²) in [7, 11) is 1.67. The first-order valence-electron chi connectivity index (χ1n) is 7.96. The van der Waals surface area contributed by atoms with E-state index in [-0.39, 0.29) is 0 Å². The van der Waals surface area contributed by atoms with Crippen molar-refractivity contribution in [1.29, 1.82) is 0 Å². The summed E-state index contributed by atoms with van der Waals surface area (Å²) in [6, 6.07) is 17.8. The minimum Gasteiger partial charge on any atom is -0.497 e. The van der Waals surface area contributed by atoms with Crippen LogP contribution in [-0.2, 0) is 6.42 Å². The van der Waals surface area contributed by atoms with E-state index in [0.717, 1.165) is 34.7 Å². The van der Waals surface area contributed by atoms with Crippen LogP contribution in [0.15, 0.2) is 65.3 Å². The van der Waals surface area contributed by atoms with Gasteiger partial charge in [-0.3, -0.25) is 0 Å². The predicted molar refractivity (Wildman–Crippen MR) is 105 cm³/mol. The fourth-order valence-corrected chi connectivity index (χ4v) is 2.71. The molecular formula is C19H19BrN4O. The third-order valence-corrected chi connectivity index (χ3v) is 4.35. The van der Waals surface area contributed by atoms with Crippen LogP contribution in [-0.4, -0.2) is 23.6 Å². The van der Waals surface area contributed by atoms with Crippen molar-refractivity contribution in [3.8, 4) is 5.75 Å². The Morgan fingerprint density at radius 2 is 1.84 bits per heavy atom. The SMILES string of the molecule is COc1ccc(CCNc2ccnc(Nc3ccccc3Br)n2)cc1. The summed E-state index contributed by atoms with van der Waals surface area (Å²) in [5.74, 6) is 2.22. The van der Waals surface area contributed by atoms with Crippen molar-refractivity contribution >= 4 is 33.4 Å². The molecule has 0 aliphatic rings. The van der Waals surface area contributed by atoms with E-state index in [9.17, 15) is 0 Å². The minimum absolute atomic E-state index is 0.557. The summed E-state index contributed by atoms with van der Waals surface area (Å²) in [4.78, 5) is 8.76. The largest absolute Gasteiger partial charge is 0.497 e. The van der Waals surface area contributed by atoms with Crippen molar-refractivity contribution in [2.24, 2.45) is 0 Å². The van der Waals surface area contributed by atoms with E-state index < -0.39 is 0 Å². The number of nitrogens with zero attached hydrogens (tertiary/aromatic N) is 2. The molecule has 2 N–H and O–H groups in total. The second-order valence-electron chi connectivity index (χ2n) is 5.40. The Morgan fingerprint density at radius 1 is 1.04 bits per heavy atom. The van der Waals surface area contributed by atoms with E-state index >= 15 is 0 Å². The third-order valence-electron chi connectivity index (χ3n) is 3.65. The zero-order valence-corrected chi connectivity index (χ0v) is 15.5. The lowest BCUT2D eigenvalue weighted by atomic mass is 10.1. The number of rotatable bonds is 7. The first kappa shape index (κ1) is 17.2. The van der Waals surface area contributed by atoms with Crippen molar-refractivity contribution in [3.63, 3.8) is 0 Å². The number of hydrogen-bond donors (Lipinski definition) is 2. The number of halogens is 1. The van der Waals surface area contributed by atoms with Crippen molar-refractivity contribution in [3.05, 3.63) is 70.8 Å². The molecule has 0 saturated carbocycles. The summed E-state index contributed by atoms with van der Waals surface area (Å²) >= 11 is 3.51. The molecule has 6 heteroatoms. The number of anilines is 3. The topological polar surface area (TPSA) is 59.1 Å². The molecule has 128 valence electrons. The van der Waals surface area contributed by atoms with Crippen molar-refractivity contribution in [1.82, 2.24) is 9.97 Å². The molecule has 3 aromatic rings. The second-order valence-corrected chi connectivity index (χ2v) is 6.25. The minimum atomic E-state index is 0.557.